The number of amides is 3. The lowest BCUT2D eigenvalue weighted by Crippen LogP contribution is -2.62. The van der Waals surface area contributed by atoms with Gasteiger partial charge in [0.05, 0.1) is 7.11 Å². The number of carbonyl (C=O) groups excluding carboxylic acids is 4. The van der Waals surface area contributed by atoms with Gasteiger partial charge >= 0.3 is 5.97 Å². The summed E-state index contributed by atoms with van der Waals surface area (Å²) in [5.41, 5.74) is 3.39. The van der Waals surface area contributed by atoms with Gasteiger partial charge in [0.1, 0.15) is 29.6 Å². The molecule has 2 rings (SSSR count). The topological polar surface area (TPSA) is 171 Å². The zero-order chi connectivity index (χ0) is 27.8. The molecule has 0 bridgehead atoms. The number of hydrogen-bond donors (Lipinski definition) is 4. The van der Waals surface area contributed by atoms with Crippen LogP contribution in [0.1, 0.15) is 32.3 Å². The van der Waals surface area contributed by atoms with Gasteiger partial charge in [-0.2, -0.15) is 0 Å². The molecule has 0 aromatic heterocycles. The Balaban J connectivity index is 2.26. The predicted octanol–water partition coefficient (Wildman–Crippen LogP) is -0.213. The molecule has 4 N–H and O–H groups in total. The number of esters is 1. The summed E-state index contributed by atoms with van der Waals surface area (Å²) in [6.07, 6.45) is 0.993. The highest BCUT2D eigenvalue weighted by Crippen LogP contribution is 2.16. The average Bonchev–Trinajstić information content (AvgIpc) is 2.85. The number of carbonyl (C=O) groups is 4. The Morgan fingerprint density at radius 3 is 2.57 bits per heavy atom. The summed E-state index contributed by atoms with van der Waals surface area (Å²) in [5, 5.41) is 16.8. The van der Waals surface area contributed by atoms with Gasteiger partial charge in [-0.15, -0.1) is 0 Å². The number of phenols is 1. The number of nitrogens with one attached hydrogen (secondary N) is 3. The van der Waals surface area contributed by atoms with Crippen molar-refractivity contribution in [2.45, 2.75) is 51.2 Å². The molecule has 204 valence electrons. The monoisotopic (exact) mass is 538 g/mol. The second-order valence-corrected chi connectivity index (χ2v) is 11.0. The molecule has 37 heavy (non-hydrogen) atoms. The van der Waals surface area contributed by atoms with E-state index in [4.69, 9.17) is 4.74 Å². The number of nitrogens with zero attached hydrogens (tertiary/aromatic N) is 1. The van der Waals surface area contributed by atoms with E-state index in [-0.39, 0.29) is 18.7 Å². The first kappa shape index (κ1) is 29.8. The van der Waals surface area contributed by atoms with E-state index >= 15 is 0 Å². The third kappa shape index (κ3) is 8.86. The highest BCUT2D eigenvalue weighted by Gasteiger charge is 2.35. The van der Waals surface area contributed by atoms with Gasteiger partial charge in [-0.05, 0) is 36.5 Å². The third-order valence-electron chi connectivity index (χ3n) is 5.75. The van der Waals surface area contributed by atoms with Gasteiger partial charge in [-0.25, -0.2) is 13.8 Å². The van der Waals surface area contributed by atoms with Crippen molar-refractivity contribution in [1.29, 1.82) is 0 Å². The van der Waals surface area contributed by atoms with Crippen LogP contribution in [-0.4, -0.2) is 79.8 Å². The summed E-state index contributed by atoms with van der Waals surface area (Å²) >= 11 is 0. The molecule has 1 aliphatic heterocycles. The van der Waals surface area contributed by atoms with Crippen molar-refractivity contribution in [2.24, 2.45) is 5.92 Å². The number of ether oxygens (including phenoxy) is 1. The molecule has 1 saturated heterocycles. The lowest BCUT2D eigenvalue weighted by Gasteiger charge is -2.35. The molecule has 3 atom stereocenters. The van der Waals surface area contributed by atoms with Crippen LogP contribution in [0.5, 0.6) is 5.75 Å². The zero-order valence-corrected chi connectivity index (χ0v) is 21.9. The summed E-state index contributed by atoms with van der Waals surface area (Å²) in [4.78, 5) is 51.0. The Bertz CT molecular complexity index is 1120. The summed E-state index contributed by atoms with van der Waals surface area (Å²) in [7, 11) is -2.59. The zero-order valence-electron chi connectivity index (χ0n) is 21.1. The Morgan fingerprint density at radius 1 is 1.27 bits per heavy atom. The standard InChI is InChI=1S/C24H34N4O8S/c1-5-37(34,35)14-20(30)26-21(15(2)3)22(31)25-19(13-16-8-6-9-17(29)12-16)23(32)28-11-7-10-18(27-28)24(33)36-4/h5-6,8-9,12,15,18-19,21,27,29H,1,7,10-11,13-14H2,2-4H3,(H,25,31)(H,26,30)/t18-,19-,21-/m0/s1. The number of hydrogen-bond acceptors (Lipinski definition) is 9. The van der Waals surface area contributed by atoms with Crippen LogP contribution in [0.3, 0.4) is 0 Å². The maximum atomic E-state index is 13.5. The van der Waals surface area contributed by atoms with E-state index in [0.29, 0.717) is 23.8 Å². The molecule has 1 aromatic rings. The molecule has 12 nitrogen and oxygen atoms in total. The molecule has 0 unspecified atom stereocenters. The van der Waals surface area contributed by atoms with E-state index in [2.05, 4.69) is 22.6 Å². The van der Waals surface area contributed by atoms with Gasteiger partial charge in [0.25, 0.3) is 5.91 Å². The van der Waals surface area contributed by atoms with Crippen molar-refractivity contribution in [3.05, 3.63) is 41.8 Å². The van der Waals surface area contributed by atoms with Gasteiger partial charge in [0.2, 0.25) is 11.8 Å². The van der Waals surface area contributed by atoms with E-state index in [9.17, 15) is 32.7 Å². The van der Waals surface area contributed by atoms with Gasteiger partial charge in [0, 0.05) is 18.4 Å². The smallest absolute Gasteiger partial charge is 0.324 e. The first-order valence-corrected chi connectivity index (χ1v) is 13.5. The van der Waals surface area contributed by atoms with Crippen molar-refractivity contribution in [3.8, 4) is 5.75 Å². The minimum atomic E-state index is -3.84. The fraction of sp³-hybridized carbons (Fsp3) is 0.500. The van der Waals surface area contributed by atoms with Crippen LogP contribution >= 0.6 is 0 Å². The first-order valence-electron chi connectivity index (χ1n) is 11.7. The van der Waals surface area contributed by atoms with Gasteiger partial charge < -0.3 is 20.5 Å². The molecule has 3 amide bonds. The number of rotatable bonds is 11. The molecule has 1 heterocycles. The number of phenolic OH excluding ortho intramolecular Hbond substituents is 1. The molecule has 1 fully saturated rings. The van der Waals surface area contributed by atoms with Crippen LogP contribution in [0.2, 0.25) is 0 Å². The van der Waals surface area contributed by atoms with Crippen molar-refractivity contribution in [2.75, 3.05) is 19.4 Å². The first-order chi connectivity index (χ1) is 17.4. The quantitative estimate of drug-likeness (QED) is 0.278. The lowest BCUT2D eigenvalue weighted by atomic mass is 10.0. The van der Waals surface area contributed by atoms with Crippen molar-refractivity contribution >= 4 is 33.5 Å². The number of aromatic hydroxyl groups is 1. The van der Waals surface area contributed by atoms with Crippen molar-refractivity contribution < 1.29 is 37.4 Å². The Morgan fingerprint density at radius 2 is 1.97 bits per heavy atom. The molecule has 0 radical (unpaired) electrons. The Kier molecular flexibility index (Phi) is 10.6. The molecular formula is C24H34N4O8S. The predicted molar refractivity (Wildman–Crippen MR) is 134 cm³/mol. The molecule has 0 saturated carbocycles. The van der Waals surface area contributed by atoms with Gasteiger partial charge in [-0.3, -0.25) is 24.2 Å². The van der Waals surface area contributed by atoms with Crippen LogP contribution in [0, 0.1) is 5.92 Å². The molecular weight excluding hydrogens is 504 g/mol. The SMILES string of the molecule is C=CS(=O)(=O)CC(=O)N[C@H](C(=O)N[C@@H](Cc1cccc(O)c1)C(=O)N1CCC[C@@H](C(=O)OC)N1)C(C)C. The number of hydrazine groups is 1. The van der Waals surface area contributed by atoms with Crippen LogP contribution in [0.4, 0.5) is 0 Å². The fourth-order valence-electron chi connectivity index (χ4n) is 3.82. The van der Waals surface area contributed by atoms with Crippen molar-refractivity contribution in [1.82, 2.24) is 21.1 Å². The Hall–Kier alpha value is -3.45. The number of sulfone groups is 1. The van der Waals surface area contributed by atoms with E-state index in [0.717, 1.165) is 0 Å². The second kappa shape index (κ2) is 13.2. The fourth-order valence-corrected chi connectivity index (χ4v) is 4.38. The van der Waals surface area contributed by atoms with E-state index in [1.54, 1.807) is 26.0 Å². The van der Waals surface area contributed by atoms with E-state index < -0.39 is 63.3 Å². The highest BCUT2D eigenvalue weighted by molar-refractivity contribution is 7.94. The summed E-state index contributed by atoms with van der Waals surface area (Å²) in [6.45, 7) is 6.76. The number of methoxy groups -OCH3 is 1. The normalized spacial score (nSPS) is 17.4. The average molecular weight is 539 g/mol. The van der Waals surface area contributed by atoms with E-state index in [1.807, 2.05) is 0 Å². The van der Waals surface area contributed by atoms with Crippen LogP contribution in [-0.2, 0) is 40.2 Å². The molecule has 1 aromatic carbocycles. The summed E-state index contributed by atoms with van der Waals surface area (Å²) < 4.78 is 28.2. The second-order valence-electron chi connectivity index (χ2n) is 9.04. The minimum absolute atomic E-state index is 0.00362. The molecule has 0 spiro atoms. The molecule has 13 heteroatoms. The Labute approximate surface area is 216 Å². The summed E-state index contributed by atoms with van der Waals surface area (Å²) in [6, 6.07) is 3.20. The van der Waals surface area contributed by atoms with Crippen molar-refractivity contribution in [3.63, 3.8) is 0 Å². The molecule has 0 aliphatic carbocycles. The number of benzene rings is 1. The highest BCUT2D eigenvalue weighted by atomic mass is 32.2. The van der Waals surface area contributed by atoms with Crippen LogP contribution in [0.25, 0.3) is 0 Å². The maximum absolute atomic E-state index is 13.5. The van der Waals surface area contributed by atoms with Crippen LogP contribution < -0.4 is 16.1 Å². The molecule has 1 aliphatic rings. The minimum Gasteiger partial charge on any atom is -0.508 e. The van der Waals surface area contributed by atoms with Crippen LogP contribution in [0.15, 0.2) is 36.3 Å². The summed E-state index contributed by atoms with van der Waals surface area (Å²) in [5.74, 6) is -3.97. The van der Waals surface area contributed by atoms with Gasteiger partial charge in [-0.1, -0.05) is 32.6 Å². The van der Waals surface area contributed by atoms with Gasteiger partial charge in [0.15, 0.2) is 9.84 Å². The third-order valence-corrected chi connectivity index (χ3v) is 6.93. The lowest BCUT2D eigenvalue weighted by molar-refractivity contribution is -0.151. The maximum Gasteiger partial charge on any atom is 0.324 e. The largest absolute Gasteiger partial charge is 0.508 e. The van der Waals surface area contributed by atoms with E-state index in [1.165, 1.54) is 24.3 Å².